The van der Waals surface area contributed by atoms with Gasteiger partial charge in [-0.2, -0.15) is 0 Å². The van der Waals surface area contributed by atoms with Gasteiger partial charge in [0.25, 0.3) is 5.91 Å². The van der Waals surface area contributed by atoms with Crippen LogP contribution in [0.25, 0.3) is 21.5 Å². The van der Waals surface area contributed by atoms with Crippen LogP contribution in [0.1, 0.15) is 29.9 Å². The van der Waals surface area contributed by atoms with Crippen molar-refractivity contribution >= 4 is 51.7 Å². The van der Waals surface area contributed by atoms with Crippen molar-refractivity contribution < 1.29 is 37.6 Å². The van der Waals surface area contributed by atoms with E-state index in [0.29, 0.717) is 36.7 Å². The molecule has 0 bridgehead atoms. The van der Waals surface area contributed by atoms with Crippen LogP contribution >= 0.6 is 11.3 Å². The first-order chi connectivity index (χ1) is 19.7. The van der Waals surface area contributed by atoms with Crippen LogP contribution in [0.5, 0.6) is 0 Å². The van der Waals surface area contributed by atoms with Crippen LogP contribution in [0.3, 0.4) is 0 Å². The summed E-state index contributed by atoms with van der Waals surface area (Å²) in [5.74, 6) is -2.54. The van der Waals surface area contributed by atoms with Gasteiger partial charge >= 0.3 is 6.03 Å². The van der Waals surface area contributed by atoms with Crippen molar-refractivity contribution in [1.82, 2.24) is 25.7 Å². The molecule has 3 atom stereocenters. The molecule has 2 N–H and O–H groups in total. The summed E-state index contributed by atoms with van der Waals surface area (Å²) in [5.41, 5.74) is 0.579. The molecule has 5 amide bonds. The van der Waals surface area contributed by atoms with Crippen molar-refractivity contribution in [2.75, 3.05) is 37.7 Å². The van der Waals surface area contributed by atoms with E-state index in [-0.39, 0.29) is 53.0 Å². The first-order valence-electron chi connectivity index (χ1n) is 13.2. The second kappa shape index (κ2) is 9.29. The van der Waals surface area contributed by atoms with Gasteiger partial charge in [-0.05, 0) is 25.5 Å². The molecule has 0 radical (unpaired) electrons. The normalized spacial score (nSPS) is 25.6. The molecule has 1 spiro atoms. The molecule has 0 saturated carbocycles. The number of aromatic nitrogens is 2. The molecule has 3 aromatic rings. The molecular formula is C26H25FN6O7S. The number of nitrogens with zero attached hydrogens (tertiary/aromatic N) is 4. The number of thiazole rings is 1. The second-order valence-corrected chi connectivity index (χ2v) is 11.5. The lowest BCUT2D eigenvalue weighted by atomic mass is 9.66. The van der Waals surface area contributed by atoms with Crippen molar-refractivity contribution in [2.24, 2.45) is 5.41 Å². The smallest absolute Gasteiger partial charge is 0.328 e. The van der Waals surface area contributed by atoms with Gasteiger partial charge in [0.2, 0.25) is 17.4 Å². The van der Waals surface area contributed by atoms with Crippen molar-refractivity contribution in [1.29, 1.82) is 0 Å². The van der Waals surface area contributed by atoms with Gasteiger partial charge in [-0.25, -0.2) is 14.2 Å². The molecule has 7 rings (SSSR count). The number of carbonyl (C=O) groups is 4. The molecule has 2 aromatic heterocycles. The molecule has 41 heavy (non-hydrogen) atoms. The number of rotatable bonds is 2. The van der Waals surface area contributed by atoms with Gasteiger partial charge in [0, 0.05) is 26.1 Å². The number of halogens is 1. The van der Waals surface area contributed by atoms with Crippen LogP contribution in [-0.2, 0) is 25.5 Å². The fourth-order valence-electron chi connectivity index (χ4n) is 6.59. The molecule has 0 unspecified atom stereocenters. The molecule has 214 valence electrons. The summed E-state index contributed by atoms with van der Waals surface area (Å²) in [6, 6.07) is -0.165. The third kappa shape index (κ3) is 3.72. The summed E-state index contributed by atoms with van der Waals surface area (Å²) in [7, 11) is 0. The number of hydrogen-bond donors (Lipinski definition) is 2. The van der Waals surface area contributed by atoms with Crippen molar-refractivity contribution in [3.05, 3.63) is 28.7 Å². The van der Waals surface area contributed by atoms with E-state index < -0.39 is 41.2 Å². The van der Waals surface area contributed by atoms with E-state index in [9.17, 15) is 19.2 Å². The lowest BCUT2D eigenvalue weighted by Gasteiger charge is -2.55. The van der Waals surface area contributed by atoms with E-state index in [2.05, 4.69) is 20.8 Å². The maximum atomic E-state index is 16.4. The number of anilines is 1. The number of imide groups is 2. The van der Waals surface area contributed by atoms with Crippen LogP contribution in [0.15, 0.2) is 16.1 Å². The third-order valence-electron chi connectivity index (χ3n) is 8.25. The van der Waals surface area contributed by atoms with Gasteiger partial charge in [-0.3, -0.25) is 25.0 Å². The zero-order valence-electron chi connectivity index (χ0n) is 22.1. The predicted molar refractivity (Wildman–Crippen MR) is 141 cm³/mol. The Labute approximate surface area is 235 Å². The Bertz CT molecular complexity index is 1610. The Morgan fingerprint density at radius 1 is 1.17 bits per heavy atom. The summed E-state index contributed by atoms with van der Waals surface area (Å²) < 4.78 is 33.3. The van der Waals surface area contributed by atoms with Crippen molar-refractivity contribution in [2.45, 2.75) is 38.5 Å². The molecule has 3 saturated heterocycles. The summed E-state index contributed by atoms with van der Waals surface area (Å²) in [6.45, 7) is 5.41. The van der Waals surface area contributed by atoms with Crippen molar-refractivity contribution in [3.8, 4) is 10.6 Å². The first-order valence-corrected chi connectivity index (χ1v) is 14.1. The van der Waals surface area contributed by atoms with Gasteiger partial charge in [0.1, 0.15) is 11.4 Å². The third-order valence-corrected chi connectivity index (χ3v) is 9.08. The zero-order valence-corrected chi connectivity index (χ0v) is 22.9. The molecule has 3 fully saturated rings. The average Bonchev–Trinajstić information content (AvgIpc) is 3.58. The molecular weight excluding hydrogens is 559 g/mol. The topological polar surface area (TPSA) is 156 Å². The van der Waals surface area contributed by atoms with Crippen molar-refractivity contribution in [3.63, 3.8) is 0 Å². The number of amides is 5. The molecule has 6 heterocycles. The highest BCUT2D eigenvalue weighted by Gasteiger charge is 2.63. The minimum atomic E-state index is -1.76. The minimum Gasteiger partial charge on any atom is -0.378 e. The lowest BCUT2D eigenvalue weighted by molar-refractivity contribution is -0.153. The molecule has 4 aliphatic heterocycles. The minimum absolute atomic E-state index is 0.119. The van der Waals surface area contributed by atoms with Crippen LogP contribution in [0.2, 0.25) is 0 Å². The van der Waals surface area contributed by atoms with E-state index in [1.54, 1.807) is 22.8 Å². The molecule has 0 aliphatic carbocycles. The molecule has 15 heteroatoms. The Hall–Kier alpha value is -3.95. The Morgan fingerprint density at radius 3 is 2.63 bits per heavy atom. The average molecular weight is 585 g/mol. The highest BCUT2D eigenvalue weighted by Crippen LogP contribution is 2.50. The lowest BCUT2D eigenvalue weighted by Crippen LogP contribution is -2.75. The van der Waals surface area contributed by atoms with Gasteiger partial charge < -0.3 is 23.8 Å². The van der Waals surface area contributed by atoms with Gasteiger partial charge in [-0.1, -0.05) is 5.16 Å². The van der Waals surface area contributed by atoms with Crippen LogP contribution in [-0.4, -0.2) is 89.9 Å². The maximum absolute atomic E-state index is 16.4. The SMILES string of the molecule is C[C@@H]1CN2c3c(cc4c(-c5scnc5C(=O)N5CCOCC5)noc4c3F)CC3(C(=O)NC(=O)NC3=O)[C@H]2[C@H](C)O1. The van der Waals surface area contributed by atoms with E-state index in [1.165, 1.54) is 16.8 Å². The number of hydrogen-bond acceptors (Lipinski definition) is 11. The van der Waals surface area contributed by atoms with Crippen LogP contribution < -0.4 is 15.5 Å². The Balaban J connectivity index is 1.39. The summed E-state index contributed by atoms with van der Waals surface area (Å²) in [5, 5.41) is 8.87. The highest BCUT2D eigenvalue weighted by atomic mass is 32.1. The fraction of sp³-hybridized carbons (Fsp3) is 0.462. The van der Waals surface area contributed by atoms with Crippen LogP contribution in [0.4, 0.5) is 14.9 Å². The van der Waals surface area contributed by atoms with Crippen LogP contribution in [0, 0.1) is 11.2 Å². The summed E-state index contributed by atoms with van der Waals surface area (Å²) in [4.78, 5) is 60.2. The Morgan fingerprint density at radius 2 is 1.90 bits per heavy atom. The number of barbiturate groups is 1. The molecule has 4 aliphatic rings. The fourth-order valence-corrected chi connectivity index (χ4v) is 7.37. The number of benzene rings is 1. The largest absolute Gasteiger partial charge is 0.378 e. The summed E-state index contributed by atoms with van der Waals surface area (Å²) >= 11 is 1.17. The van der Waals surface area contributed by atoms with E-state index in [4.69, 9.17) is 14.0 Å². The monoisotopic (exact) mass is 584 g/mol. The maximum Gasteiger partial charge on any atom is 0.328 e. The van der Waals surface area contributed by atoms with E-state index >= 15 is 4.39 Å². The molecule has 13 nitrogen and oxygen atoms in total. The standard InChI is InChI=1S/C26H25FN6O7S/c1-11-9-33-18-13(8-26(21(33)12(2)39-11)23(35)29-25(37)30-24(26)36)7-14-16(31-40-19(14)15(18)27)20-17(28-10-41-20)22(34)32-3-5-38-6-4-32/h7,10-12,21H,3-6,8-9H2,1-2H3,(H2,29,30,35,36,37)/t11-,12+,21-/m1/s1. The second-order valence-electron chi connectivity index (χ2n) is 10.7. The summed E-state index contributed by atoms with van der Waals surface area (Å²) in [6.07, 6.45) is -1.19. The van der Waals surface area contributed by atoms with Gasteiger partial charge in [0.15, 0.2) is 11.2 Å². The highest BCUT2D eigenvalue weighted by molar-refractivity contribution is 7.13. The molecule has 1 aromatic carbocycles. The first kappa shape index (κ1) is 26.0. The number of carbonyl (C=O) groups excluding carboxylic acids is 4. The quantitative estimate of drug-likeness (QED) is 0.423. The Kier molecular flexibility index (Phi) is 5.89. The van der Waals surface area contributed by atoms with Gasteiger partial charge in [-0.15, -0.1) is 11.3 Å². The van der Waals surface area contributed by atoms with Gasteiger partial charge in [0.05, 0.1) is 52.9 Å². The van der Waals surface area contributed by atoms with E-state index in [0.717, 1.165) is 0 Å². The number of urea groups is 1. The van der Waals surface area contributed by atoms with E-state index in [1.807, 2.05) is 6.92 Å². The predicted octanol–water partition coefficient (Wildman–Crippen LogP) is 1.45. The number of nitrogens with one attached hydrogen (secondary N) is 2. The zero-order chi connectivity index (χ0) is 28.6. The number of ether oxygens (including phenoxy) is 2. The number of fused-ring (bicyclic) bond motifs is 5. The number of morpholine rings is 2.